The third-order valence-electron chi connectivity index (χ3n) is 3.84. The van der Waals surface area contributed by atoms with E-state index in [1.807, 2.05) is 0 Å². The summed E-state index contributed by atoms with van der Waals surface area (Å²) >= 11 is 5.99. The van der Waals surface area contributed by atoms with Gasteiger partial charge in [-0.05, 0) is 54.6 Å². The van der Waals surface area contributed by atoms with E-state index in [-0.39, 0.29) is 26.9 Å². The molecule has 0 fully saturated rings. The lowest BCUT2D eigenvalue weighted by atomic mass is 10.0. The van der Waals surface area contributed by atoms with Gasteiger partial charge in [0.2, 0.25) is 0 Å². The molecule has 0 unspecified atom stereocenters. The van der Waals surface area contributed by atoms with E-state index in [0.29, 0.717) is 12.5 Å². The van der Waals surface area contributed by atoms with Gasteiger partial charge < -0.3 is 4.74 Å². The number of benzene rings is 2. The number of sulfonamides is 1. The van der Waals surface area contributed by atoms with E-state index in [1.165, 1.54) is 42.7 Å². The molecule has 10 heteroatoms. The fraction of sp³-hybridized carbons (Fsp3) is 0.100. The summed E-state index contributed by atoms with van der Waals surface area (Å²) in [6, 6.07) is 11.6. The minimum atomic E-state index is -4.13. The predicted molar refractivity (Wildman–Crippen MR) is 108 cm³/mol. The average molecular weight is 453 g/mol. The molecule has 0 aliphatic rings. The number of anilines is 1. The largest absolute Gasteiger partial charge is 0.433 e. The highest BCUT2D eigenvalue weighted by molar-refractivity contribution is 7.92. The van der Waals surface area contributed by atoms with Gasteiger partial charge in [-0.25, -0.2) is 8.42 Å². The maximum atomic E-state index is 12.9. The topological polar surface area (TPSA) is 85.4 Å². The number of ether oxygens (including phenoxy) is 1. The van der Waals surface area contributed by atoms with E-state index in [9.17, 15) is 22.0 Å². The number of pyridine rings is 1. The minimum Gasteiger partial charge on any atom is -0.433 e. The summed E-state index contributed by atoms with van der Waals surface area (Å²) in [5, 5.41) is 0.248. The van der Waals surface area contributed by atoms with Gasteiger partial charge in [0.1, 0.15) is 5.75 Å². The summed E-state index contributed by atoms with van der Waals surface area (Å²) in [5.41, 5.74) is 0.360. The zero-order valence-electron chi connectivity index (χ0n) is 15.5. The molecular weight excluding hydrogens is 438 g/mol. The van der Waals surface area contributed by atoms with E-state index in [4.69, 9.17) is 11.6 Å². The highest BCUT2D eigenvalue weighted by Crippen LogP contribution is 2.27. The maximum Gasteiger partial charge on any atom is 0.394 e. The second-order valence-electron chi connectivity index (χ2n) is 6.24. The van der Waals surface area contributed by atoms with Crippen LogP contribution in [-0.2, 0) is 10.0 Å². The van der Waals surface area contributed by atoms with Crippen molar-refractivity contribution in [2.45, 2.75) is 17.9 Å². The smallest absolute Gasteiger partial charge is 0.394 e. The van der Waals surface area contributed by atoms with Gasteiger partial charge in [0.25, 0.3) is 10.0 Å². The number of hydrogen-bond acceptors (Lipinski definition) is 5. The molecule has 3 aromatic rings. The zero-order chi connectivity index (χ0) is 21.9. The van der Waals surface area contributed by atoms with Crippen LogP contribution >= 0.6 is 11.6 Å². The van der Waals surface area contributed by atoms with Crippen LogP contribution in [0.4, 0.5) is 14.5 Å². The standard InChI is InChI=1S/C20H15ClF2N2O4S/c1-20(22,23)29-15-3-5-16(6-4-15)30(27,28)25-18-7-2-14(21)12-17(18)19(26)13-8-10-24-11-9-13/h2-12,25H,1H3. The van der Waals surface area contributed by atoms with Crippen LogP contribution in [0.5, 0.6) is 5.75 Å². The molecule has 156 valence electrons. The SMILES string of the molecule is CC(F)(F)Oc1ccc(S(=O)(=O)Nc2ccc(Cl)cc2C(=O)c2ccncc2)cc1. The molecule has 0 aliphatic carbocycles. The highest BCUT2D eigenvalue weighted by atomic mass is 35.5. The van der Waals surface area contributed by atoms with Crippen molar-refractivity contribution in [1.29, 1.82) is 0 Å². The zero-order valence-corrected chi connectivity index (χ0v) is 17.0. The van der Waals surface area contributed by atoms with E-state index in [2.05, 4.69) is 14.4 Å². The van der Waals surface area contributed by atoms with Crippen LogP contribution in [-0.4, -0.2) is 25.3 Å². The quantitative estimate of drug-likeness (QED) is 0.522. The second-order valence-corrected chi connectivity index (χ2v) is 8.36. The molecule has 2 aromatic carbocycles. The van der Waals surface area contributed by atoms with Crippen LogP contribution in [0.15, 0.2) is 71.9 Å². The number of ketones is 1. The van der Waals surface area contributed by atoms with Crippen molar-refractivity contribution in [3.05, 3.63) is 83.1 Å². The molecule has 0 radical (unpaired) electrons. The Kier molecular flexibility index (Phi) is 6.04. The number of hydrogen-bond donors (Lipinski definition) is 1. The van der Waals surface area contributed by atoms with Crippen molar-refractivity contribution in [3.8, 4) is 5.75 Å². The van der Waals surface area contributed by atoms with E-state index < -0.39 is 21.9 Å². The van der Waals surface area contributed by atoms with Crippen LogP contribution < -0.4 is 9.46 Å². The van der Waals surface area contributed by atoms with E-state index in [0.717, 1.165) is 24.3 Å². The van der Waals surface area contributed by atoms with E-state index in [1.54, 1.807) is 0 Å². The summed E-state index contributed by atoms with van der Waals surface area (Å²) in [7, 11) is -4.13. The summed E-state index contributed by atoms with van der Waals surface area (Å²) in [6.07, 6.45) is -0.527. The fourth-order valence-corrected chi connectivity index (χ4v) is 3.80. The number of halogens is 3. The average Bonchev–Trinajstić information content (AvgIpc) is 2.68. The molecule has 1 heterocycles. The third kappa shape index (κ3) is 5.31. The molecule has 0 bridgehead atoms. The molecule has 0 spiro atoms. The van der Waals surface area contributed by atoms with Gasteiger partial charge in [-0.15, -0.1) is 0 Å². The van der Waals surface area contributed by atoms with Crippen LogP contribution in [0.25, 0.3) is 0 Å². The van der Waals surface area contributed by atoms with Gasteiger partial charge in [0.05, 0.1) is 10.6 Å². The van der Waals surface area contributed by atoms with Gasteiger partial charge >= 0.3 is 6.11 Å². The Hall–Kier alpha value is -3.04. The Morgan fingerprint density at radius 2 is 1.70 bits per heavy atom. The second kappa shape index (κ2) is 8.37. The van der Waals surface area contributed by atoms with Crippen LogP contribution in [0, 0.1) is 0 Å². The molecular formula is C20H15ClF2N2O4S. The number of nitrogens with zero attached hydrogens (tertiary/aromatic N) is 1. The van der Waals surface area contributed by atoms with Gasteiger partial charge in [-0.2, -0.15) is 8.78 Å². The molecule has 1 N–H and O–H groups in total. The molecule has 30 heavy (non-hydrogen) atoms. The van der Waals surface area contributed by atoms with Crippen LogP contribution in [0.2, 0.25) is 5.02 Å². The van der Waals surface area contributed by atoms with Gasteiger partial charge in [-0.1, -0.05) is 11.6 Å². The summed E-state index contributed by atoms with van der Waals surface area (Å²) in [4.78, 5) is 16.5. The molecule has 0 aliphatic heterocycles. The molecule has 6 nitrogen and oxygen atoms in total. The Balaban J connectivity index is 1.91. The van der Waals surface area contributed by atoms with Gasteiger partial charge in [0, 0.05) is 35.5 Å². The molecule has 0 atom stereocenters. The molecule has 3 rings (SSSR count). The van der Waals surface area contributed by atoms with Crippen molar-refractivity contribution < 1.29 is 26.7 Å². The summed E-state index contributed by atoms with van der Waals surface area (Å²) in [5.74, 6) is -0.645. The predicted octanol–water partition coefficient (Wildman–Crippen LogP) is 4.76. The Morgan fingerprint density at radius 3 is 2.30 bits per heavy atom. The summed E-state index contributed by atoms with van der Waals surface area (Å²) in [6.45, 7) is 0.571. The minimum absolute atomic E-state index is 0.0154. The molecule has 1 aromatic heterocycles. The van der Waals surface area contributed by atoms with Crippen molar-refractivity contribution in [2.75, 3.05) is 4.72 Å². The van der Waals surface area contributed by atoms with Crippen molar-refractivity contribution in [3.63, 3.8) is 0 Å². The first kappa shape index (κ1) is 21.7. The number of nitrogens with one attached hydrogen (secondary N) is 1. The van der Waals surface area contributed by atoms with Crippen LogP contribution in [0.1, 0.15) is 22.8 Å². The first-order chi connectivity index (χ1) is 14.0. The lowest BCUT2D eigenvalue weighted by Crippen LogP contribution is -2.19. The molecule has 0 saturated carbocycles. The molecule has 0 saturated heterocycles. The first-order valence-electron chi connectivity index (χ1n) is 8.49. The van der Waals surface area contributed by atoms with E-state index >= 15 is 0 Å². The lowest BCUT2D eigenvalue weighted by Gasteiger charge is -2.14. The first-order valence-corrected chi connectivity index (χ1v) is 10.4. The number of alkyl halides is 2. The van der Waals surface area contributed by atoms with Gasteiger partial charge in [0.15, 0.2) is 5.78 Å². The Morgan fingerprint density at radius 1 is 1.07 bits per heavy atom. The van der Waals surface area contributed by atoms with Crippen LogP contribution in [0.3, 0.4) is 0 Å². The van der Waals surface area contributed by atoms with Crippen molar-refractivity contribution >= 4 is 33.1 Å². The Labute approximate surface area is 176 Å². The Bertz CT molecular complexity index is 1170. The highest BCUT2D eigenvalue weighted by Gasteiger charge is 2.24. The normalized spacial score (nSPS) is 11.7. The van der Waals surface area contributed by atoms with Crippen molar-refractivity contribution in [1.82, 2.24) is 4.98 Å². The number of rotatable bonds is 7. The van der Waals surface area contributed by atoms with Gasteiger partial charge in [-0.3, -0.25) is 14.5 Å². The lowest BCUT2D eigenvalue weighted by molar-refractivity contribution is -0.158. The van der Waals surface area contributed by atoms with Crippen molar-refractivity contribution in [2.24, 2.45) is 0 Å². The number of aromatic nitrogens is 1. The summed E-state index contributed by atoms with van der Waals surface area (Å²) < 4.78 is 58.1. The number of carbonyl (C=O) groups is 1. The number of carbonyl (C=O) groups excluding carboxylic acids is 1. The third-order valence-corrected chi connectivity index (χ3v) is 5.46. The monoisotopic (exact) mass is 452 g/mol. The fourth-order valence-electron chi connectivity index (χ4n) is 2.55. The molecule has 0 amide bonds. The maximum absolute atomic E-state index is 12.9.